The summed E-state index contributed by atoms with van der Waals surface area (Å²) in [4.78, 5) is 36.9. The molecule has 7 heteroatoms. The lowest BCUT2D eigenvalue weighted by molar-refractivity contribution is -0.161. The van der Waals surface area contributed by atoms with Gasteiger partial charge in [-0.15, -0.1) is 0 Å². The Labute approximate surface area is 209 Å². The van der Waals surface area contributed by atoms with E-state index in [1.54, 1.807) is 31.0 Å². The zero-order valence-electron chi connectivity index (χ0n) is 20.0. The first-order valence-corrected chi connectivity index (χ1v) is 13.8. The van der Waals surface area contributed by atoms with Gasteiger partial charge in [0.1, 0.15) is 5.92 Å². The van der Waals surface area contributed by atoms with Gasteiger partial charge in [0.25, 0.3) is 5.91 Å². The van der Waals surface area contributed by atoms with Crippen LogP contribution in [0.25, 0.3) is 0 Å². The van der Waals surface area contributed by atoms with E-state index >= 15 is 0 Å². The third-order valence-corrected chi connectivity index (χ3v) is 10.3. The van der Waals surface area contributed by atoms with E-state index < -0.39 is 0 Å². The van der Waals surface area contributed by atoms with Gasteiger partial charge in [0.15, 0.2) is 17.3 Å². The minimum Gasteiger partial charge on any atom is -0.493 e. The number of amides is 1. The second kappa shape index (κ2) is 8.05. The summed E-state index contributed by atoms with van der Waals surface area (Å²) in [6.45, 7) is 0. The highest BCUT2D eigenvalue weighted by molar-refractivity contribution is 8.17. The molecule has 2 aliphatic heterocycles. The van der Waals surface area contributed by atoms with E-state index in [0.29, 0.717) is 40.7 Å². The van der Waals surface area contributed by atoms with Gasteiger partial charge < -0.3 is 9.47 Å². The second-order valence-electron chi connectivity index (χ2n) is 11.4. The number of nitrogens with zero attached hydrogens (tertiary/aromatic N) is 2. The summed E-state index contributed by atoms with van der Waals surface area (Å²) in [5.41, 5.74) is 1.60. The van der Waals surface area contributed by atoms with Crippen molar-refractivity contribution in [2.24, 2.45) is 39.1 Å². The van der Waals surface area contributed by atoms with Crippen molar-refractivity contribution in [1.82, 2.24) is 0 Å². The summed E-state index contributed by atoms with van der Waals surface area (Å²) in [5.74, 6) is 2.83. The highest BCUT2D eigenvalue weighted by Gasteiger charge is 2.55. The molecule has 1 aromatic carbocycles. The van der Waals surface area contributed by atoms with Crippen LogP contribution in [-0.2, 0) is 9.59 Å². The highest BCUT2D eigenvalue weighted by Crippen LogP contribution is 2.60. The van der Waals surface area contributed by atoms with Gasteiger partial charge in [-0.3, -0.25) is 9.59 Å². The number of methoxy groups -OCH3 is 1. The van der Waals surface area contributed by atoms with Gasteiger partial charge in [0, 0.05) is 5.56 Å². The SMILES string of the molecule is COc1cc(C2=NC(=O)C3C(=N2)SC2=C3CCCC2)ccc1OC(=O)C12CC3CC(CC(C3)C1)C2. The summed E-state index contributed by atoms with van der Waals surface area (Å²) >= 11 is 1.66. The molecule has 2 heterocycles. The molecular formula is C28H30N2O4S. The summed E-state index contributed by atoms with van der Waals surface area (Å²) in [6.07, 6.45) is 11.1. The zero-order chi connectivity index (χ0) is 23.7. The predicted molar refractivity (Wildman–Crippen MR) is 135 cm³/mol. The number of rotatable bonds is 4. The number of aliphatic imine (C=N–C) groups is 2. The Morgan fingerprint density at radius 2 is 1.71 bits per heavy atom. The number of benzene rings is 1. The van der Waals surface area contributed by atoms with Gasteiger partial charge >= 0.3 is 5.97 Å². The molecule has 35 heavy (non-hydrogen) atoms. The molecule has 0 spiro atoms. The molecule has 0 radical (unpaired) electrons. The quantitative estimate of drug-likeness (QED) is 0.400. The number of allylic oxidation sites excluding steroid dienone is 1. The van der Waals surface area contributed by atoms with Gasteiger partial charge in [0.05, 0.1) is 17.6 Å². The van der Waals surface area contributed by atoms with Crippen molar-refractivity contribution in [3.63, 3.8) is 0 Å². The first kappa shape index (κ1) is 21.8. The molecule has 0 saturated heterocycles. The maximum Gasteiger partial charge on any atom is 0.317 e. The van der Waals surface area contributed by atoms with E-state index in [2.05, 4.69) is 4.99 Å². The number of hydrogen-bond acceptors (Lipinski definition) is 6. The van der Waals surface area contributed by atoms with E-state index in [9.17, 15) is 9.59 Å². The zero-order valence-corrected chi connectivity index (χ0v) is 20.9. The maximum atomic E-state index is 13.4. The topological polar surface area (TPSA) is 77.3 Å². The normalized spacial score (nSPS) is 34.8. The lowest BCUT2D eigenvalue weighted by Gasteiger charge is -2.55. The van der Waals surface area contributed by atoms with E-state index in [4.69, 9.17) is 14.5 Å². The number of carbonyl (C=O) groups excluding carboxylic acids is 2. The fourth-order valence-corrected chi connectivity index (χ4v) is 9.23. The Bertz CT molecular complexity index is 1190. The van der Waals surface area contributed by atoms with E-state index in [-0.39, 0.29) is 23.2 Å². The Hall–Kier alpha value is -2.41. The van der Waals surface area contributed by atoms with Gasteiger partial charge in [-0.05, 0) is 111 Å². The molecule has 6 nitrogen and oxygen atoms in total. The van der Waals surface area contributed by atoms with Crippen LogP contribution in [-0.4, -0.2) is 29.9 Å². The van der Waals surface area contributed by atoms with Crippen molar-refractivity contribution in [1.29, 1.82) is 0 Å². The standard InChI is InChI=1S/C28H30N2O4S/c1-33-21-11-18(24-29-25(31)23-19-4-2-3-5-22(19)35-26(23)30-24)6-7-20(21)34-27(32)28-12-15-8-16(13-28)10-17(9-15)14-28/h6-7,11,15-17,23H,2-5,8-10,12-14H2,1H3. The second-order valence-corrected chi connectivity index (χ2v) is 12.5. The van der Waals surface area contributed by atoms with Gasteiger partial charge in [0.2, 0.25) is 0 Å². The largest absolute Gasteiger partial charge is 0.493 e. The molecule has 4 bridgehead atoms. The van der Waals surface area contributed by atoms with Crippen molar-refractivity contribution in [3.8, 4) is 11.5 Å². The molecule has 1 amide bonds. The van der Waals surface area contributed by atoms with Crippen LogP contribution < -0.4 is 9.47 Å². The van der Waals surface area contributed by atoms with Crippen molar-refractivity contribution in [2.75, 3.05) is 7.11 Å². The number of amidine groups is 1. The third-order valence-electron chi connectivity index (χ3n) is 9.06. The fraction of sp³-hybridized carbons (Fsp3) is 0.571. The number of hydrogen-bond donors (Lipinski definition) is 0. The molecule has 1 atom stereocenters. The van der Waals surface area contributed by atoms with Crippen LogP contribution in [0.5, 0.6) is 11.5 Å². The molecule has 0 aromatic heterocycles. The van der Waals surface area contributed by atoms with Gasteiger partial charge in [-0.25, -0.2) is 4.99 Å². The van der Waals surface area contributed by atoms with Crippen molar-refractivity contribution in [3.05, 3.63) is 34.2 Å². The van der Waals surface area contributed by atoms with Gasteiger partial charge in [-0.1, -0.05) is 11.8 Å². The van der Waals surface area contributed by atoms with E-state index in [1.165, 1.54) is 36.2 Å². The minimum atomic E-state index is -0.328. The molecule has 0 N–H and O–H groups in total. The lowest BCUT2D eigenvalue weighted by Crippen LogP contribution is -2.51. The molecule has 182 valence electrons. The number of ether oxygens (including phenoxy) is 2. The van der Waals surface area contributed by atoms with Crippen LogP contribution in [0.15, 0.2) is 38.7 Å². The Kier molecular flexibility index (Phi) is 5.02. The Morgan fingerprint density at radius 3 is 2.43 bits per heavy atom. The number of carbonyl (C=O) groups is 2. The Morgan fingerprint density at radius 1 is 1.00 bits per heavy atom. The number of fused-ring (bicyclic) bond motifs is 2. The molecule has 4 saturated carbocycles. The molecule has 1 aromatic rings. The van der Waals surface area contributed by atoms with Crippen molar-refractivity contribution >= 4 is 34.5 Å². The van der Waals surface area contributed by atoms with Crippen molar-refractivity contribution in [2.45, 2.75) is 64.2 Å². The predicted octanol–water partition coefficient (Wildman–Crippen LogP) is 5.69. The summed E-state index contributed by atoms with van der Waals surface area (Å²) in [5, 5.41) is 0.850. The average molecular weight is 491 g/mol. The first-order valence-electron chi connectivity index (χ1n) is 13.0. The van der Waals surface area contributed by atoms with Crippen LogP contribution in [0.4, 0.5) is 0 Å². The van der Waals surface area contributed by atoms with Crippen LogP contribution in [0.2, 0.25) is 0 Å². The molecular weight excluding hydrogens is 460 g/mol. The van der Waals surface area contributed by atoms with Crippen LogP contribution >= 0.6 is 11.8 Å². The summed E-state index contributed by atoms with van der Waals surface area (Å²) < 4.78 is 11.6. The molecule has 4 fully saturated rings. The monoisotopic (exact) mass is 490 g/mol. The van der Waals surface area contributed by atoms with Crippen LogP contribution in [0, 0.1) is 29.1 Å². The molecule has 7 aliphatic rings. The van der Waals surface area contributed by atoms with E-state index in [0.717, 1.165) is 43.6 Å². The third kappa shape index (κ3) is 3.52. The van der Waals surface area contributed by atoms with Crippen molar-refractivity contribution < 1.29 is 19.1 Å². The Balaban J connectivity index is 1.13. The summed E-state index contributed by atoms with van der Waals surface area (Å²) in [7, 11) is 1.57. The average Bonchev–Trinajstić information content (AvgIpc) is 3.22. The molecule has 8 rings (SSSR count). The minimum absolute atomic E-state index is 0.102. The van der Waals surface area contributed by atoms with Gasteiger partial charge in [-0.2, -0.15) is 4.99 Å². The smallest absolute Gasteiger partial charge is 0.317 e. The maximum absolute atomic E-state index is 13.4. The van der Waals surface area contributed by atoms with Crippen LogP contribution in [0.1, 0.15) is 69.8 Å². The van der Waals surface area contributed by atoms with E-state index in [1.807, 2.05) is 6.07 Å². The number of thioether (sulfide) groups is 1. The lowest BCUT2D eigenvalue weighted by atomic mass is 9.49. The fourth-order valence-electron chi connectivity index (χ4n) is 7.89. The number of esters is 1. The first-order chi connectivity index (χ1) is 17.0. The molecule has 1 unspecified atom stereocenters. The highest BCUT2D eigenvalue weighted by atomic mass is 32.2. The van der Waals surface area contributed by atoms with Crippen LogP contribution in [0.3, 0.4) is 0 Å². The summed E-state index contributed by atoms with van der Waals surface area (Å²) in [6, 6.07) is 5.37. The molecule has 5 aliphatic carbocycles.